The summed E-state index contributed by atoms with van der Waals surface area (Å²) in [7, 11) is 0. The summed E-state index contributed by atoms with van der Waals surface area (Å²) < 4.78 is 2.66. The van der Waals surface area contributed by atoms with Gasteiger partial charge in [0.1, 0.15) is 0 Å². The van der Waals surface area contributed by atoms with Crippen LogP contribution in [0.1, 0.15) is 16.5 Å². The Hall–Kier alpha value is -0.910. The second kappa shape index (κ2) is 5.61. The van der Waals surface area contributed by atoms with Gasteiger partial charge in [-0.1, -0.05) is 23.7 Å². The Kier molecular flexibility index (Phi) is 3.86. The standard InChI is InChI=1S/C14H13ClN2S2/c15-10-3-1-9(2-4-10)7-11(17-16)13-8-14-12(19-13)5-6-18-14/h1-6,8,11,17H,7,16H2. The highest BCUT2D eigenvalue weighted by atomic mass is 35.5. The molecule has 0 saturated heterocycles. The van der Waals surface area contributed by atoms with Crippen molar-refractivity contribution in [2.75, 3.05) is 0 Å². The first-order chi connectivity index (χ1) is 9.26. The molecule has 0 amide bonds. The molecule has 2 heterocycles. The number of rotatable bonds is 4. The minimum atomic E-state index is 0.144. The number of fused-ring (bicyclic) bond motifs is 1. The fourth-order valence-corrected chi connectivity index (χ4v) is 4.36. The van der Waals surface area contributed by atoms with E-state index in [1.54, 1.807) is 22.7 Å². The van der Waals surface area contributed by atoms with E-state index < -0.39 is 0 Å². The summed E-state index contributed by atoms with van der Waals surface area (Å²) in [6, 6.07) is 12.4. The van der Waals surface area contributed by atoms with Crippen LogP contribution in [0, 0.1) is 0 Å². The summed E-state index contributed by atoms with van der Waals surface area (Å²) in [5.74, 6) is 5.71. The third-order valence-corrected chi connectivity index (χ3v) is 5.52. The largest absolute Gasteiger partial charge is 0.271 e. The smallest absolute Gasteiger partial charge is 0.0594 e. The van der Waals surface area contributed by atoms with Gasteiger partial charge in [0.15, 0.2) is 0 Å². The summed E-state index contributed by atoms with van der Waals surface area (Å²) in [6.45, 7) is 0. The van der Waals surface area contributed by atoms with Gasteiger partial charge in [0, 0.05) is 19.3 Å². The van der Waals surface area contributed by atoms with Crippen molar-refractivity contribution in [3.05, 3.63) is 57.2 Å². The van der Waals surface area contributed by atoms with Gasteiger partial charge < -0.3 is 0 Å². The van der Waals surface area contributed by atoms with Crippen LogP contribution in [0.15, 0.2) is 41.8 Å². The van der Waals surface area contributed by atoms with Crippen LogP contribution in [0.3, 0.4) is 0 Å². The lowest BCUT2D eigenvalue weighted by atomic mass is 10.1. The lowest BCUT2D eigenvalue weighted by molar-refractivity contribution is 0.561. The second-order valence-electron chi connectivity index (χ2n) is 4.35. The molecule has 2 aromatic heterocycles. The topological polar surface area (TPSA) is 38.0 Å². The molecule has 1 unspecified atom stereocenters. The van der Waals surface area contributed by atoms with E-state index in [1.807, 2.05) is 24.3 Å². The van der Waals surface area contributed by atoms with Crippen LogP contribution in [0.4, 0.5) is 0 Å². The van der Waals surface area contributed by atoms with Crippen LogP contribution < -0.4 is 11.3 Å². The van der Waals surface area contributed by atoms with Crippen molar-refractivity contribution in [2.45, 2.75) is 12.5 Å². The van der Waals surface area contributed by atoms with Crippen molar-refractivity contribution >= 4 is 43.7 Å². The van der Waals surface area contributed by atoms with Gasteiger partial charge in [-0.2, -0.15) is 0 Å². The van der Waals surface area contributed by atoms with E-state index >= 15 is 0 Å². The maximum absolute atomic E-state index is 5.90. The summed E-state index contributed by atoms with van der Waals surface area (Å²) in [6.07, 6.45) is 0.863. The highest BCUT2D eigenvalue weighted by Crippen LogP contribution is 2.34. The molecule has 2 nitrogen and oxygen atoms in total. The third-order valence-electron chi connectivity index (χ3n) is 3.06. The summed E-state index contributed by atoms with van der Waals surface area (Å²) in [5.41, 5.74) is 4.14. The van der Waals surface area contributed by atoms with E-state index in [2.05, 4.69) is 22.9 Å². The van der Waals surface area contributed by atoms with E-state index in [9.17, 15) is 0 Å². The van der Waals surface area contributed by atoms with E-state index in [1.165, 1.54) is 19.8 Å². The van der Waals surface area contributed by atoms with Gasteiger partial charge in [0.2, 0.25) is 0 Å². The summed E-state index contributed by atoms with van der Waals surface area (Å²) in [5, 5.41) is 2.88. The number of hydrogen-bond acceptors (Lipinski definition) is 4. The van der Waals surface area contributed by atoms with Crippen LogP contribution in [-0.4, -0.2) is 0 Å². The Morgan fingerprint density at radius 2 is 1.95 bits per heavy atom. The molecular formula is C14H13ClN2S2. The predicted molar refractivity (Wildman–Crippen MR) is 84.9 cm³/mol. The SMILES string of the molecule is NNC(Cc1ccc(Cl)cc1)c1cc2sccc2s1. The molecule has 0 aliphatic carbocycles. The number of halogens is 1. The average molecular weight is 309 g/mol. The molecule has 0 saturated carbocycles. The molecule has 3 aromatic rings. The number of thiophene rings is 2. The number of nitrogens with one attached hydrogen (secondary N) is 1. The van der Waals surface area contributed by atoms with Crippen molar-refractivity contribution in [3.8, 4) is 0 Å². The Labute approximate surface area is 124 Å². The van der Waals surface area contributed by atoms with E-state index in [0.717, 1.165) is 11.4 Å². The molecule has 19 heavy (non-hydrogen) atoms. The van der Waals surface area contributed by atoms with Crippen molar-refractivity contribution in [2.24, 2.45) is 5.84 Å². The van der Waals surface area contributed by atoms with Crippen LogP contribution in [0.25, 0.3) is 9.40 Å². The van der Waals surface area contributed by atoms with Crippen LogP contribution in [-0.2, 0) is 6.42 Å². The number of hydrazine groups is 1. The first-order valence-electron chi connectivity index (χ1n) is 5.94. The molecule has 0 aliphatic heterocycles. The van der Waals surface area contributed by atoms with Crippen LogP contribution in [0.5, 0.6) is 0 Å². The first-order valence-corrected chi connectivity index (χ1v) is 8.01. The Morgan fingerprint density at radius 1 is 1.16 bits per heavy atom. The zero-order valence-corrected chi connectivity index (χ0v) is 12.5. The zero-order chi connectivity index (χ0) is 13.2. The van der Waals surface area contributed by atoms with Gasteiger partial charge in [-0.15, -0.1) is 22.7 Å². The Morgan fingerprint density at radius 3 is 2.63 bits per heavy atom. The Bertz CT molecular complexity index is 644. The molecule has 5 heteroatoms. The highest BCUT2D eigenvalue weighted by molar-refractivity contribution is 7.26. The maximum Gasteiger partial charge on any atom is 0.0594 e. The van der Waals surface area contributed by atoms with Crippen LogP contribution in [0.2, 0.25) is 5.02 Å². The number of hydrogen-bond donors (Lipinski definition) is 2. The number of nitrogens with two attached hydrogens (primary N) is 1. The summed E-state index contributed by atoms with van der Waals surface area (Å²) >= 11 is 9.47. The van der Waals surface area contributed by atoms with Gasteiger partial charge in [-0.3, -0.25) is 11.3 Å². The van der Waals surface area contributed by atoms with E-state index in [4.69, 9.17) is 17.4 Å². The minimum Gasteiger partial charge on any atom is -0.271 e. The van der Waals surface area contributed by atoms with Crippen molar-refractivity contribution in [3.63, 3.8) is 0 Å². The zero-order valence-electron chi connectivity index (χ0n) is 10.1. The third kappa shape index (κ3) is 2.83. The van der Waals surface area contributed by atoms with Gasteiger partial charge in [0.05, 0.1) is 6.04 Å². The highest BCUT2D eigenvalue weighted by Gasteiger charge is 2.14. The van der Waals surface area contributed by atoms with Gasteiger partial charge in [-0.25, -0.2) is 0 Å². The molecule has 3 rings (SSSR count). The molecule has 0 bridgehead atoms. The molecule has 0 aliphatic rings. The quantitative estimate of drug-likeness (QED) is 0.555. The van der Waals surface area contributed by atoms with Gasteiger partial charge >= 0.3 is 0 Å². The van der Waals surface area contributed by atoms with Crippen molar-refractivity contribution in [1.82, 2.24) is 5.43 Å². The molecule has 1 atom stereocenters. The Balaban J connectivity index is 1.84. The number of benzene rings is 1. The normalized spacial score (nSPS) is 12.9. The van der Waals surface area contributed by atoms with Crippen molar-refractivity contribution in [1.29, 1.82) is 0 Å². The molecule has 1 aromatic carbocycles. The van der Waals surface area contributed by atoms with Crippen LogP contribution >= 0.6 is 34.3 Å². The molecule has 3 N–H and O–H groups in total. The minimum absolute atomic E-state index is 0.144. The molecule has 98 valence electrons. The van der Waals surface area contributed by atoms with Crippen molar-refractivity contribution < 1.29 is 0 Å². The monoisotopic (exact) mass is 308 g/mol. The molecule has 0 radical (unpaired) electrons. The lowest BCUT2D eigenvalue weighted by Crippen LogP contribution is -2.28. The predicted octanol–water partition coefficient (Wildman–Crippen LogP) is 4.36. The van der Waals surface area contributed by atoms with E-state index in [-0.39, 0.29) is 6.04 Å². The second-order valence-corrected chi connectivity index (χ2v) is 6.85. The first kappa shape index (κ1) is 13.1. The molecule has 0 fully saturated rings. The molecular weight excluding hydrogens is 296 g/mol. The van der Waals surface area contributed by atoms with Gasteiger partial charge in [0.25, 0.3) is 0 Å². The fourth-order valence-electron chi connectivity index (χ4n) is 2.05. The van der Waals surface area contributed by atoms with Gasteiger partial charge in [-0.05, 0) is 41.6 Å². The van der Waals surface area contributed by atoms with E-state index in [0.29, 0.717) is 0 Å². The summed E-state index contributed by atoms with van der Waals surface area (Å²) in [4.78, 5) is 1.28. The maximum atomic E-state index is 5.90. The fraction of sp³-hybridized carbons (Fsp3) is 0.143. The average Bonchev–Trinajstić information content (AvgIpc) is 2.99. The lowest BCUT2D eigenvalue weighted by Gasteiger charge is -2.14. The molecule has 0 spiro atoms.